The summed E-state index contributed by atoms with van der Waals surface area (Å²) in [6.45, 7) is 0. The predicted molar refractivity (Wildman–Crippen MR) is 99.8 cm³/mol. The van der Waals surface area contributed by atoms with Gasteiger partial charge in [-0.2, -0.15) is 0 Å². The Bertz CT molecular complexity index is 599. The molecule has 2 nitrogen and oxygen atoms in total. The Balaban J connectivity index is 1.55. The van der Waals surface area contributed by atoms with Crippen LogP contribution in [0.4, 0.5) is 0 Å². The number of hydrogen-bond donors (Lipinski definition) is 1. The van der Waals surface area contributed by atoms with Gasteiger partial charge in [0.05, 0.1) is 5.56 Å². The lowest BCUT2D eigenvalue weighted by Gasteiger charge is -2.05. The first-order valence-electron chi connectivity index (χ1n) is 7.90. The molecular weight excluding hydrogens is 324 g/mol. The van der Waals surface area contributed by atoms with Crippen molar-refractivity contribution in [3.8, 4) is 0 Å². The van der Waals surface area contributed by atoms with Crippen LogP contribution in [-0.2, 0) is 0 Å². The molecule has 0 heterocycles. The molecular formula is C19H22O2S2. The smallest absolute Gasteiger partial charge is 0.336 e. The van der Waals surface area contributed by atoms with Gasteiger partial charge in [0.1, 0.15) is 0 Å². The van der Waals surface area contributed by atoms with Crippen LogP contribution in [0.2, 0.25) is 0 Å². The Morgan fingerprint density at radius 2 is 1.39 bits per heavy atom. The number of carbonyl (C=O) groups is 1. The maximum absolute atomic E-state index is 11.1. The van der Waals surface area contributed by atoms with Crippen molar-refractivity contribution in [1.82, 2.24) is 0 Å². The Morgan fingerprint density at radius 3 is 2.09 bits per heavy atom. The van der Waals surface area contributed by atoms with E-state index < -0.39 is 5.97 Å². The number of carboxylic acids is 1. The van der Waals surface area contributed by atoms with E-state index in [1.54, 1.807) is 23.9 Å². The van der Waals surface area contributed by atoms with E-state index in [9.17, 15) is 4.79 Å². The molecule has 0 aliphatic rings. The first-order valence-corrected chi connectivity index (χ1v) is 9.87. The summed E-state index contributed by atoms with van der Waals surface area (Å²) in [6.07, 6.45) is 4.81. The molecule has 1 N–H and O–H groups in total. The van der Waals surface area contributed by atoms with Crippen LogP contribution >= 0.6 is 23.5 Å². The maximum Gasteiger partial charge on any atom is 0.336 e. The highest BCUT2D eigenvalue weighted by atomic mass is 32.2. The van der Waals surface area contributed by atoms with E-state index in [0.717, 1.165) is 17.1 Å². The average molecular weight is 347 g/mol. The van der Waals surface area contributed by atoms with E-state index in [1.165, 1.54) is 29.9 Å². The number of rotatable bonds is 10. The minimum Gasteiger partial charge on any atom is -0.478 e. The summed E-state index contributed by atoms with van der Waals surface area (Å²) in [4.78, 5) is 13.3. The molecule has 0 bridgehead atoms. The third-order valence-corrected chi connectivity index (χ3v) is 5.68. The highest BCUT2D eigenvalue weighted by Gasteiger charge is 2.08. The molecule has 2 rings (SSSR count). The van der Waals surface area contributed by atoms with Crippen molar-refractivity contribution in [3.05, 3.63) is 60.2 Å². The van der Waals surface area contributed by atoms with Gasteiger partial charge in [0.25, 0.3) is 0 Å². The van der Waals surface area contributed by atoms with Gasteiger partial charge in [-0.05, 0) is 48.6 Å². The molecule has 0 radical (unpaired) electrons. The molecule has 0 saturated heterocycles. The van der Waals surface area contributed by atoms with Crippen molar-refractivity contribution in [2.24, 2.45) is 0 Å². The predicted octanol–water partition coefficient (Wildman–Crippen LogP) is 5.83. The van der Waals surface area contributed by atoms with Crippen LogP contribution in [0.25, 0.3) is 0 Å². The molecule has 23 heavy (non-hydrogen) atoms. The van der Waals surface area contributed by atoms with Crippen LogP contribution in [0.3, 0.4) is 0 Å². The normalized spacial score (nSPS) is 10.6. The van der Waals surface area contributed by atoms with E-state index >= 15 is 0 Å². The molecule has 2 aromatic carbocycles. The minimum absolute atomic E-state index is 0.414. The van der Waals surface area contributed by atoms with Gasteiger partial charge in [-0.3, -0.25) is 0 Å². The highest BCUT2D eigenvalue weighted by Crippen LogP contribution is 2.24. The summed E-state index contributed by atoms with van der Waals surface area (Å²) in [5.74, 6) is 1.31. The monoisotopic (exact) mass is 346 g/mol. The fraction of sp³-hybridized carbons (Fsp3) is 0.316. The molecule has 0 aliphatic carbocycles. The summed E-state index contributed by atoms with van der Waals surface area (Å²) >= 11 is 3.57. The Morgan fingerprint density at radius 1 is 0.783 bits per heavy atom. The summed E-state index contributed by atoms with van der Waals surface area (Å²) in [7, 11) is 0. The van der Waals surface area contributed by atoms with E-state index in [2.05, 4.69) is 24.3 Å². The molecule has 0 aromatic heterocycles. The van der Waals surface area contributed by atoms with Gasteiger partial charge in [0.2, 0.25) is 0 Å². The van der Waals surface area contributed by atoms with Crippen molar-refractivity contribution in [2.75, 3.05) is 11.5 Å². The molecule has 0 atom stereocenters. The number of unbranched alkanes of at least 4 members (excludes halogenated alkanes) is 3. The van der Waals surface area contributed by atoms with Crippen LogP contribution < -0.4 is 0 Å². The van der Waals surface area contributed by atoms with Crippen molar-refractivity contribution in [2.45, 2.75) is 35.5 Å². The van der Waals surface area contributed by atoms with Crippen LogP contribution in [0.5, 0.6) is 0 Å². The van der Waals surface area contributed by atoms with Crippen molar-refractivity contribution < 1.29 is 9.90 Å². The fourth-order valence-corrected chi connectivity index (χ4v) is 4.20. The second kappa shape index (κ2) is 10.4. The molecule has 0 saturated carbocycles. The zero-order valence-electron chi connectivity index (χ0n) is 13.1. The molecule has 0 aliphatic heterocycles. The molecule has 4 heteroatoms. The quantitative estimate of drug-likeness (QED) is 0.434. The van der Waals surface area contributed by atoms with Crippen LogP contribution in [0.1, 0.15) is 36.0 Å². The van der Waals surface area contributed by atoms with Gasteiger partial charge in [-0.25, -0.2) is 4.79 Å². The summed E-state index contributed by atoms with van der Waals surface area (Å²) in [5.41, 5.74) is 0.414. The third kappa shape index (κ3) is 6.71. The van der Waals surface area contributed by atoms with E-state index in [1.807, 2.05) is 30.0 Å². The van der Waals surface area contributed by atoms with Crippen LogP contribution in [0, 0.1) is 0 Å². The Labute approximate surface area is 146 Å². The molecule has 0 amide bonds. The van der Waals surface area contributed by atoms with Crippen LogP contribution in [-0.4, -0.2) is 22.6 Å². The topological polar surface area (TPSA) is 37.3 Å². The van der Waals surface area contributed by atoms with Crippen molar-refractivity contribution in [1.29, 1.82) is 0 Å². The number of thioether (sulfide) groups is 2. The third-order valence-electron chi connectivity index (χ3n) is 3.43. The Hall–Kier alpha value is -1.39. The first-order chi connectivity index (χ1) is 11.3. The van der Waals surface area contributed by atoms with Gasteiger partial charge in [0.15, 0.2) is 0 Å². The van der Waals surface area contributed by atoms with Crippen molar-refractivity contribution >= 4 is 29.5 Å². The Kier molecular flexibility index (Phi) is 8.12. The summed E-state index contributed by atoms with van der Waals surface area (Å²) < 4.78 is 0. The first kappa shape index (κ1) is 18.0. The zero-order chi connectivity index (χ0) is 16.3. The van der Waals surface area contributed by atoms with Gasteiger partial charge in [-0.1, -0.05) is 43.2 Å². The number of hydrogen-bond acceptors (Lipinski definition) is 3. The van der Waals surface area contributed by atoms with Gasteiger partial charge in [-0.15, -0.1) is 23.5 Å². The maximum atomic E-state index is 11.1. The van der Waals surface area contributed by atoms with Crippen molar-refractivity contribution in [3.63, 3.8) is 0 Å². The molecule has 0 unspecified atom stereocenters. The van der Waals surface area contributed by atoms with E-state index in [-0.39, 0.29) is 0 Å². The molecule has 0 spiro atoms. The SMILES string of the molecule is O=C(O)c1ccccc1SCCCCCCSc1ccccc1. The lowest BCUT2D eigenvalue weighted by molar-refractivity contribution is 0.0693. The van der Waals surface area contributed by atoms with Gasteiger partial charge >= 0.3 is 5.97 Å². The van der Waals surface area contributed by atoms with Crippen LogP contribution in [0.15, 0.2) is 64.4 Å². The number of benzene rings is 2. The van der Waals surface area contributed by atoms with E-state index in [0.29, 0.717) is 5.56 Å². The lowest BCUT2D eigenvalue weighted by Crippen LogP contribution is -1.98. The zero-order valence-corrected chi connectivity index (χ0v) is 14.7. The number of carboxylic acid groups (broad SMARTS) is 1. The van der Waals surface area contributed by atoms with Gasteiger partial charge in [0, 0.05) is 9.79 Å². The second-order valence-corrected chi connectivity index (χ2v) is 7.53. The summed E-state index contributed by atoms with van der Waals surface area (Å²) in [5, 5.41) is 9.14. The fourth-order valence-electron chi connectivity index (χ4n) is 2.22. The van der Waals surface area contributed by atoms with E-state index in [4.69, 9.17) is 5.11 Å². The molecule has 0 fully saturated rings. The second-order valence-electron chi connectivity index (χ2n) is 5.23. The largest absolute Gasteiger partial charge is 0.478 e. The average Bonchev–Trinajstić information content (AvgIpc) is 2.58. The lowest BCUT2D eigenvalue weighted by atomic mass is 10.2. The summed E-state index contributed by atoms with van der Waals surface area (Å²) in [6, 6.07) is 17.7. The highest BCUT2D eigenvalue weighted by molar-refractivity contribution is 7.99. The minimum atomic E-state index is -0.842. The number of aromatic carboxylic acids is 1. The molecule has 2 aromatic rings. The standard InChI is InChI=1S/C19H22O2S2/c20-19(21)17-12-6-7-13-18(17)23-15-9-2-1-8-14-22-16-10-4-3-5-11-16/h3-7,10-13H,1-2,8-9,14-15H2,(H,20,21). The molecule has 122 valence electrons. The van der Waals surface area contributed by atoms with Gasteiger partial charge < -0.3 is 5.11 Å².